The van der Waals surface area contributed by atoms with Crippen molar-refractivity contribution in [3.05, 3.63) is 52.5 Å². The molecule has 0 atom stereocenters. The molecule has 19 heavy (non-hydrogen) atoms. The van der Waals surface area contributed by atoms with Crippen LogP contribution in [-0.2, 0) is 0 Å². The van der Waals surface area contributed by atoms with E-state index in [1.165, 1.54) is 6.92 Å². The van der Waals surface area contributed by atoms with Crippen LogP contribution in [0, 0.1) is 6.92 Å². The number of anilines is 1. The minimum atomic E-state index is -0.0272. The van der Waals surface area contributed by atoms with Crippen LogP contribution in [0.15, 0.2) is 36.4 Å². The fraction of sp³-hybridized carbons (Fsp3) is 0.133. The Balaban J connectivity index is 2.28. The van der Waals surface area contributed by atoms with Gasteiger partial charge < -0.3 is 10.5 Å². The van der Waals surface area contributed by atoms with Gasteiger partial charge in [-0.2, -0.15) is 0 Å². The van der Waals surface area contributed by atoms with Crippen LogP contribution in [-0.4, -0.2) is 5.78 Å². The number of benzene rings is 2. The van der Waals surface area contributed by atoms with Gasteiger partial charge in [0.1, 0.15) is 11.5 Å². The second kappa shape index (κ2) is 5.33. The number of carbonyl (C=O) groups is 1. The zero-order valence-electron chi connectivity index (χ0n) is 10.7. The second-order valence-electron chi connectivity index (χ2n) is 4.32. The molecule has 0 heterocycles. The van der Waals surface area contributed by atoms with Gasteiger partial charge in [-0.05, 0) is 55.8 Å². The number of ether oxygens (including phenoxy) is 1. The van der Waals surface area contributed by atoms with Crippen molar-refractivity contribution in [2.24, 2.45) is 0 Å². The lowest BCUT2D eigenvalue weighted by Gasteiger charge is -2.10. The number of rotatable bonds is 3. The van der Waals surface area contributed by atoms with Gasteiger partial charge in [-0.1, -0.05) is 11.6 Å². The first-order valence-corrected chi connectivity index (χ1v) is 6.19. The van der Waals surface area contributed by atoms with Crippen LogP contribution < -0.4 is 10.5 Å². The lowest BCUT2D eigenvalue weighted by molar-refractivity contribution is 0.101. The quantitative estimate of drug-likeness (QED) is 0.674. The van der Waals surface area contributed by atoms with E-state index in [-0.39, 0.29) is 5.78 Å². The minimum absolute atomic E-state index is 0.0272. The lowest BCUT2D eigenvalue weighted by Crippen LogP contribution is -1.97. The number of hydrogen-bond donors (Lipinski definition) is 1. The van der Waals surface area contributed by atoms with Crippen LogP contribution in [0.1, 0.15) is 22.8 Å². The highest BCUT2D eigenvalue weighted by molar-refractivity contribution is 6.31. The van der Waals surface area contributed by atoms with Gasteiger partial charge in [0.05, 0.1) is 5.69 Å². The third-order valence-electron chi connectivity index (χ3n) is 2.77. The van der Waals surface area contributed by atoms with Gasteiger partial charge in [0.15, 0.2) is 5.78 Å². The molecule has 98 valence electrons. The number of ketones is 1. The Hall–Kier alpha value is -2.00. The molecule has 0 fully saturated rings. The average molecular weight is 276 g/mol. The van der Waals surface area contributed by atoms with E-state index in [4.69, 9.17) is 22.1 Å². The van der Waals surface area contributed by atoms with Gasteiger partial charge in [-0.3, -0.25) is 4.79 Å². The molecule has 4 heteroatoms. The van der Waals surface area contributed by atoms with Crippen LogP contribution in [0.5, 0.6) is 11.5 Å². The number of Topliss-reactive ketones (excluding diaryl/α,β-unsaturated/α-hetero) is 1. The van der Waals surface area contributed by atoms with Crippen LogP contribution in [0.25, 0.3) is 0 Å². The summed E-state index contributed by atoms with van der Waals surface area (Å²) in [6.45, 7) is 3.40. The highest BCUT2D eigenvalue weighted by atomic mass is 35.5. The summed E-state index contributed by atoms with van der Waals surface area (Å²) in [7, 11) is 0. The zero-order valence-corrected chi connectivity index (χ0v) is 11.5. The van der Waals surface area contributed by atoms with Crippen molar-refractivity contribution in [1.82, 2.24) is 0 Å². The molecule has 0 amide bonds. The molecular formula is C15H14ClNO2. The smallest absolute Gasteiger partial charge is 0.159 e. The van der Waals surface area contributed by atoms with Crippen molar-refractivity contribution >= 4 is 23.1 Å². The highest BCUT2D eigenvalue weighted by Gasteiger charge is 2.07. The van der Waals surface area contributed by atoms with E-state index in [2.05, 4.69) is 0 Å². The molecule has 0 aliphatic heterocycles. The van der Waals surface area contributed by atoms with Crippen molar-refractivity contribution < 1.29 is 9.53 Å². The van der Waals surface area contributed by atoms with E-state index in [1.807, 2.05) is 13.0 Å². The van der Waals surface area contributed by atoms with E-state index >= 15 is 0 Å². The van der Waals surface area contributed by atoms with Gasteiger partial charge in [0, 0.05) is 10.6 Å². The maximum absolute atomic E-state index is 11.2. The largest absolute Gasteiger partial charge is 0.455 e. The molecule has 0 unspecified atom stereocenters. The number of nitrogens with two attached hydrogens (primary N) is 1. The number of nitrogen functional groups attached to an aromatic ring is 1. The molecule has 0 radical (unpaired) electrons. The molecule has 0 spiro atoms. The topological polar surface area (TPSA) is 52.3 Å². The third kappa shape index (κ3) is 3.06. The van der Waals surface area contributed by atoms with Crippen molar-refractivity contribution in [3.8, 4) is 11.5 Å². The zero-order chi connectivity index (χ0) is 14.0. The van der Waals surface area contributed by atoms with E-state index in [0.717, 1.165) is 5.56 Å². The average Bonchev–Trinajstić information content (AvgIpc) is 2.36. The molecule has 0 aromatic heterocycles. The highest BCUT2D eigenvalue weighted by Crippen LogP contribution is 2.30. The standard InChI is InChI=1S/C15H14ClNO2/c1-9-7-12(4-5-13(9)16)19-15-6-3-11(10(2)18)8-14(15)17/h3-8H,17H2,1-2H3. The Bertz CT molecular complexity index is 638. The van der Waals surface area contributed by atoms with Crippen molar-refractivity contribution in [1.29, 1.82) is 0 Å². The SMILES string of the molecule is CC(=O)c1ccc(Oc2ccc(Cl)c(C)c2)c(N)c1. The van der Waals surface area contributed by atoms with Gasteiger partial charge in [-0.15, -0.1) is 0 Å². The summed E-state index contributed by atoms with van der Waals surface area (Å²) in [6.07, 6.45) is 0. The predicted molar refractivity (Wildman–Crippen MR) is 77.1 cm³/mol. The molecule has 2 aromatic carbocycles. The number of hydrogen-bond acceptors (Lipinski definition) is 3. The monoisotopic (exact) mass is 275 g/mol. The fourth-order valence-corrected chi connectivity index (χ4v) is 1.79. The molecule has 0 saturated carbocycles. The predicted octanol–water partition coefficient (Wildman–Crippen LogP) is 4.23. The molecule has 0 aliphatic rings. The number of carbonyl (C=O) groups excluding carboxylic acids is 1. The molecular weight excluding hydrogens is 262 g/mol. The summed E-state index contributed by atoms with van der Waals surface area (Å²) < 4.78 is 5.68. The summed E-state index contributed by atoms with van der Waals surface area (Å²) in [5.41, 5.74) is 7.80. The maximum Gasteiger partial charge on any atom is 0.159 e. The third-order valence-corrected chi connectivity index (χ3v) is 3.20. The summed E-state index contributed by atoms with van der Waals surface area (Å²) >= 11 is 5.95. The molecule has 2 rings (SSSR count). The minimum Gasteiger partial charge on any atom is -0.455 e. The van der Waals surface area contributed by atoms with Crippen molar-refractivity contribution in [2.75, 3.05) is 5.73 Å². The molecule has 0 aliphatic carbocycles. The van der Waals surface area contributed by atoms with Gasteiger partial charge in [-0.25, -0.2) is 0 Å². The fourth-order valence-electron chi connectivity index (χ4n) is 1.67. The number of halogens is 1. The van der Waals surface area contributed by atoms with E-state index in [1.54, 1.807) is 30.3 Å². The Morgan fingerprint density at radius 1 is 1.21 bits per heavy atom. The normalized spacial score (nSPS) is 10.3. The van der Waals surface area contributed by atoms with E-state index in [0.29, 0.717) is 27.8 Å². The van der Waals surface area contributed by atoms with Crippen molar-refractivity contribution in [3.63, 3.8) is 0 Å². The first kappa shape index (κ1) is 13.4. The molecule has 0 saturated heterocycles. The second-order valence-corrected chi connectivity index (χ2v) is 4.73. The Morgan fingerprint density at radius 3 is 2.53 bits per heavy atom. The van der Waals surface area contributed by atoms with Crippen LogP contribution >= 0.6 is 11.6 Å². The molecule has 0 bridgehead atoms. The maximum atomic E-state index is 11.2. The van der Waals surface area contributed by atoms with Gasteiger partial charge in [0.25, 0.3) is 0 Å². The van der Waals surface area contributed by atoms with Gasteiger partial charge >= 0.3 is 0 Å². The summed E-state index contributed by atoms with van der Waals surface area (Å²) in [4.78, 5) is 11.2. The van der Waals surface area contributed by atoms with Crippen LogP contribution in [0.4, 0.5) is 5.69 Å². The van der Waals surface area contributed by atoms with Gasteiger partial charge in [0.2, 0.25) is 0 Å². The van der Waals surface area contributed by atoms with Crippen molar-refractivity contribution in [2.45, 2.75) is 13.8 Å². The summed E-state index contributed by atoms with van der Waals surface area (Å²) in [5.74, 6) is 1.15. The molecule has 3 nitrogen and oxygen atoms in total. The first-order valence-electron chi connectivity index (χ1n) is 5.82. The number of aryl methyl sites for hydroxylation is 1. The van der Waals surface area contributed by atoms with Crippen LogP contribution in [0.3, 0.4) is 0 Å². The van der Waals surface area contributed by atoms with E-state index < -0.39 is 0 Å². The first-order chi connectivity index (χ1) is 8.97. The Labute approximate surface area is 117 Å². The van der Waals surface area contributed by atoms with Crippen LogP contribution in [0.2, 0.25) is 5.02 Å². The Kier molecular flexibility index (Phi) is 3.76. The Morgan fingerprint density at radius 2 is 1.95 bits per heavy atom. The summed E-state index contributed by atoms with van der Waals surface area (Å²) in [5, 5.41) is 0.687. The van der Waals surface area contributed by atoms with E-state index in [9.17, 15) is 4.79 Å². The lowest BCUT2D eigenvalue weighted by atomic mass is 10.1. The molecule has 2 N–H and O–H groups in total. The summed E-state index contributed by atoms with van der Waals surface area (Å²) in [6, 6.07) is 10.4. The molecule has 2 aromatic rings.